The van der Waals surface area contributed by atoms with Crippen molar-refractivity contribution in [3.05, 3.63) is 59.1 Å². The molecule has 1 atom stereocenters. The third-order valence-corrected chi connectivity index (χ3v) is 4.14. The minimum atomic E-state index is -0.0463. The second kappa shape index (κ2) is 8.06. The highest BCUT2D eigenvalue weighted by Gasteiger charge is 2.23. The van der Waals surface area contributed by atoms with E-state index in [4.69, 9.17) is 21.1 Å². The van der Waals surface area contributed by atoms with E-state index in [1.165, 1.54) is 0 Å². The molecule has 0 spiro atoms. The van der Waals surface area contributed by atoms with Crippen LogP contribution >= 0.6 is 11.6 Å². The standard InChI is InChI=1S/C19H20ClNO3/c20-14-8-9-18-16(13-14)17(10-12-24-18)21-19(22)7-4-11-23-15-5-2-1-3-6-15/h1-3,5-6,8-9,13,17H,4,7,10-12H2,(H,21,22). The van der Waals surface area contributed by atoms with Gasteiger partial charge in [0.1, 0.15) is 11.5 Å². The van der Waals surface area contributed by atoms with Crippen molar-refractivity contribution in [2.75, 3.05) is 13.2 Å². The summed E-state index contributed by atoms with van der Waals surface area (Å²) in [6.07, 6.45) is 1.85. The molecule has 1 N–H and O–H groups in total. The Morgan fingerprint density at radius 2 is 2.08 bits per heavy atom. The highest BCUT2D eigenvalue weighted by Crippen LogP contribution is 2.34. The van der Waals surface area contributed by atoms with Gasteiger partial charge in [-0.15, -0.1) is 0 Å². The summed E-state index contributed by atoms with van der Waals surface area (Å²) in [6.45, 7) is 1.12. The van der Waals surface area contributed by atoms with Crippen LogP contribution in [-0.2, 0) is 4.79 Å². The number of nitrogens with one attached hydrogen (secondary N) is 1. The van der Waals surface area contributed by atoms with Gasteiger partial charge in [-0.3, -0.25) is 4.79 Å². The molecule has 24 heavy (non-hydrogen) atoms. The molecule has 1 unspecified atom stereocenters. The maximum absolute atomic E-state index is 12.2. The molecule has 0 saturated carbocycles. The second-order valence-electron chi connectivity index (χ2n) is 5.70. The summed E-state index contributed by atoms with van der Waals surface area (Å²) in [5.74, 6) is 1.64. The first-order valence-electron chi connectivity index (χ1n) is 8.12. The Balaban J connectivity index is 1.47. The second-order valence-corrected chi connectivity index (χ2v) is 6.14. The Hall–Kier alpha value is -2.20. The quantitative estimate of drug-likeness (QED) is 0.800. The predicted octanol–water partition coefficient (Wildman–Crippen LogP) is 4.14. The maximum atomic E-state index is 12.2. The van der Waals surface area contributed by atoms with E-state index in [0.717, 1.165) is 23.5 Å². The molecule has 4 nitrogen and oxygen atoms in total. The Kier molecular flexibility index (Phi) is 5.59. The van der Waals surface area contributed by atoms with Gasteiger partial charge >= 0.3 is 0 Å². The number of hydrogen-bond acceptors (Lipinski definition) is 3. The molecular weight excluding hydrogens is 326 g/mol. The van der Waals surface area contributed by atoms with E-state index in [2.05, 4.69) is 5.32 Å². The van der Waals surface area contributed by atoms with Crippen LogP contribution in [0.4, 0.5) is 0 Å². The number of hydrogen-bond donors (Lipinski definition) is 1. The predicted molar refractivity (Wildman–Crippen MR) is 93.6 cm³/mol. The summed E-state index contributed by atoms with van der Waals surface area (Å²) in [7, 11) is 0. The molecule has 1 aliphatic rings. The molecule has 1 aliphatic heterocycles. The van der Waals surface area contributed by atoms with Crippen LogP contribution in [0.25, 0.3) is 0 Å². The number of ether oxygens (including phenoxy) is 2. The van der Waals surface area contributed by atoms with Gasteiger partial charge in [-0.25, -0.2) is 0 Å². The lowest BCUT2D eigenvalue weighted by atomic mass is 10.0. The van der Waals surface area contributed by atoms with Gasteiger partial charge in [-0.1, -0.05) is 29.8 Å². The number of carbonyl (C=O) groups is 1. The number of fused-ring (bicyclic) bond motifs is 1. The molecule has 0 fully saturated rings. The van der Waals surface area contributed by atoms with Crippen LogP contribution in [-0.4, -0.2) is 19.1 Å². The molecule has 0 aliphatic carbocycles. The highest BCUT2D eigenvalue weighted by molar-refractivity contribution is 6.30. The summed E-state index contributed by atoms with van der Waals surface area (Å²) in [5, 5.41) is 3.72. The molecular formula is C19H20ClNO3. The minimum absolute atomic E-state index is 0.0180. The molecule has 0 aromatic heterocycles. The largest absolute Gasteiger partial charge is 0.494 e. The Morgan fingerprint density at radius 3 is 2.92 bits per heavy atom. The van der Waals surface area contributed by atoms with Crippen LogP contribution < -0.4 is 14.8 Å². The molecule has 0 saturated heterocycles. The van der Waals surface area contributed by atoms with Gasteiger partial charge in [-0.2, -0.15) is 0 Å². The van der Waals surface area contributed by atoms with E-state index in [0.29, 0.717) is 31.1 Å². The van der Waals surface area contributed by atoms with Crippen molar-refractivity contribution in [2.24, 2.45) is 0 Å². The van der Waals surface area contributed by atoms with Crippen LogP contribution in [0, 0.1) is 0 Å². The zero-order valence-electron chi connectivity index (χ0n) is 13.3. The van der Waals surface area contributed by atoms with Crippen LogP contribution in [0.1, 0.15) is 30.9 Å². The molecule has 1 heterocycles. The van der Waals surface area contributed by atoms with E-state index in [1.54, 1.807) is 6.07 Å². The number of amides is 1. The summed E-state index contributed by atoms with van der Waals surface area (Å²) >= 11 is 6.05. The van der Waals surface area contributed by atoms with Crippen LogP contribution in [0.5, 0.6) is 11.5 Å². The van der Waals surface area contributed by atoms with E-state index >= 15 is 0 Å². The zero-order valence-corrected chi connectivity index (χ0v) is 14.1. The molecule has 1 amide bonds. The summed E-state index contributed by atoms with van der Waals surface area (Å²) in [5.41, 5.74) is 0.947. The van der Waals surface area contributed by atoms with Crippen molar-refractivity contribution in [1.82, 2.24) is 5.32 Å². The summed E-state index contributed by atoms with van der Waals surface area (Å²) in [6, 6.07) is 15.1. The normalized spacial score (nSPS) is 16.0. The molecule has 5 heteroatoms. The van der Waals surface area contributed by atoms with Gasteiger partial charge in [0.2, 0.25) is 5.91 Å². The average Bonchev–Trinajstić information content (AvgIpc) is 2.60. The van der Waals surface area contributed by atoms with Crippen molar-refractivity contribution in [3.63, 3.8) is 0 Å². The molecule has 0 bridgehead atoms. The lowest BCUT2D eigenvalue weighted by Gasteiger charge is -2.27. The topological polar surface area (TPSA) is 47.6 Å². The van der Waals surface area contributed by atoms with Gasteiger partial charge in [-0.05, 0) is 36.8 Å². The lowest BCUT2D eigenvalue weighted by Crippen LogP contribution is -2.32. The maximum Gasteiger partial charge on any atom is 0.220 e. The molecule has 3 rings (SSSR count). The van der Waals surface area contributed by atoms with Crippen molar-refractivity contribution in [2.45, 2.75) is 25.3 Å². The first-order valence-corrected chi connectivity index (χ1v) is 8.49. The Bertz CT molecular complexity index is 690. The van der Waals surface area contributed by atoms with Crippen LogP contribution in [0.2, 0.25) is 5.02 Å². The molecule has 2 aromatic rings. The molecule has 0 radical (unpaired) electrons. The van der Waals surface area contributed by atoms with Crippen molar-refractivity contribution in [3.8, 4) is 11.5 Å². The molecule has 126 valence electrons. The third kappa shape index (κ3) is 4.42. The first-order chi connectivity index (χ1) is 11.7. The fourth-order valence-electron chi connectivity index (χ4n) is 2.72. The van der Waals surface area contributed by atoms with E-state index < -0.39 is 0 Å². The lowest BCUT2D eigenvalue weighted by molar-refractivity contribution is -0.122. The number of carbonyl (C=O) groups excluding carboxylic acids is 1. The van der Waals surface area contributed by atoms with Gasteiger partial charge in [0.05, 0.1) is 19.3 Å². The van der Waals surface area contributed by atoms with Gasteiger partial charge in [0.15, 0.2) is 0 Å². The SMILES string of the molecule is O=C(CCCOc1ccccc1)NC1CCOc2ccc(Cl)cc21. The Morgan fingerprint density at radius 1 is 1.25 bits per heavy atom. The van der Waals surface area contributed by atoms with Crippen molar-refractivity contribution >= 4 is 17.5 Å². The smallest absolute Gasteiger partial charge is 0.220 e. The van der Waals surface area contributed by atoms with Crippen LogP contribution in [0.15, 0.2) is 48.5 Å². The fourth-order valence-corrected chi connectivity index (χ4v) is 2.90. The van der Waals surface area contributed by atoms with Crippen molar-refractivity contribution < 1.29 is 14.3 Å². The third-order valence-electron chi connectivity index (χ3n) is 3.91. The highest BCUT2D eigenvalue weighted by atomic mass is 35.5. The van der Waals surface area contributed by atoms with Crippen LogP contribution in [0.3, 0.4) is 0 Å². The fraction of sp³-hybridized carbons (Fsp3) is 0.316. The minimum Gasteiger partial charge on any atom is -0.494 e. The monoisotopic (exact) mass is 345 g/mol. The summed E-state index contributed by atoms with van der Waals surface area (Å²) in [4.78, 5) is 12.2. The zero-order chi connectivity index (χ0) is 16.8. The summed E-state index contributed by atoms with van der Waals surface area (Å²) < 4.78 is 11.2. The number of rotatable bonds is 6. The van der Waals surface area contributed by atoms with E-state index in [9.17, 15) is 4.79 Å². The Labute approximate surface area is 146 Å². The molecule has 2 aromatic carbocycles. The number of halogens is 1. The average molecular weight is 346 g/mol. The van der Waals surface area contributed by atoms with Gasteiger partial charge in [0.25, 0.3) is 0 Å². The van der Waals surface area contributed by atoms with Gasteiger partial charge < -0.3 is 14.8 Å². The number of benzene rings is 2. The van der Waals surface area contributed by atoms with Gasteiger partial charge in [0, 0.05) is 23.4 Å². The number of para-hydroxylation sites is 1. The first kappa shape index (κ1) is 16.7. The van der Waals surface area contributed by atoms with E-state index in [1.807, 2.05) is 42.5 Å². The van der Waals surface area contributed by atoms with Crippen molar-refractivity contribution in [1.29, 1.82) is 0 Å². The van der Waals surface area contributed by atoms with E-state index in [-0.39, 0.29) is 11.9 Å².